The normalized spacial score (nSPS) is 10.7. The number of halogens is 3. The highest BCUT2D eigenvalue weighted by atomic mass is 35.5. The van der Waals surface area contributed by atoms with Crippen LogP contribution < -0.4 is 4.90 Å². The molecule has 2 nitrogen and oxygen atoms in total. The lowest BCUT2D eigenvalue weighted by Gasteiger charge is -2.25. The molecule has 0 unspecified atom stereocenters. The Hall–Kier alpha value is -1.74. The molecule has 0 saturated carbocycles. The Kier molecular flexibility index (Phi) is 4.76. The number of fused-ring (bicyclic) bond motifs is 1. The van der Waals surface area contributed by atoms with Gasteiger partial charge in [-0.15, -0.1) is 11.6 Å². The zero-order chi connectivity index (χ0) is 16.4. The molecule has 3 aromatic rings. The third kappa shape index (κ3) is 3.02. The van der Waals surface area contributed by atoms with Crippen LogP contribution in [0.2, 0.25) is 10.0 Å². The summed E-state index contributed by atoms with van der Waals surface area (Å²) in [5.41, 5.74) is 1.29. The number of benzene rings is 3. The average molecular weight is 365 g/mol. The number of amides is 1. The van der Waals surface area contributed by atoms with Gasteiger partial charge in [-0.1, -0.05) is 65.7 Å². The molecule has 0 N–H and O–H groups in total. The van der Waals surface area contributed by atoms with Crippen LogP contribution in [0, 0.1) is 0 Å². The van der Waals surface area contributed by atoms with Crippen LogP contribution in [-0.2, 0) is 4.79 Å². The highest BCUT2D eigenvalue weighted by Gasteiger charge is 2.22. The molecule has 0 aromatic heterocycles. The fraction of sp³-hybridized carbons (Fsp3) is 0.0556. The number of hydrogen-bond acceptors (Lipinski definition) is 1. The molecule has 0 saturated heterocycles. The van der Waals surface area contributed by atoms with Gasteiger partial charge in [-0.2, -0.15) is 0 Å². The molecule has 0 spiro atoms. The number of hydrogen-bond donors (Lipinski definition) is 0. The molecule has 5 heteroatoms. The quantitative estimate of drug-likeness (QED) is 0.518. The van der Waals surface area contributed by atoms with Crippen molar-refractivity contribution < 1.29 is 4.79 Å². The summed E-state index contributed by atoms with van der Waals surface area (Å²) in [4.78, 5) is 14.0. The maximum atomic E-state index is 12.5. The van der Waals surface area contributed by atoms with Crippen LogP contribution in [0.3, 0.4) is 0 Å². The molecule has 0 aliphatic carbocycles. The van der Waals surface area contributed by atoms with E-state index in [1.807, 2.05) is 54.6 Å². The molecular formula is C18H12Cl3NO. The lowest BCUT2D eigenvalue weighted by Crippen LogP contribution is -2.27. The molecule has 1 amide bonds. The number of para-hydroxylation sites is 1. The Morgan fingerprint density at radius 2 is 1.48 bits per heavy atom. The largest absolute Gasteiger partial charge is 0.278 e. The van der Waals surface area contributed by atoms with Crippen LogP contribution in [0.5, 0.6) is 0 Å². The average Bonchev–Trinajstić information content (AvgIpc) is 2.58. The van der Waals surface area contributed by atoms with Crippen molar-refractivity contribution in [2.75, 3.05) is 10.8 Å². The Morgan fingerprint density at radius 1 is 0.870 bits per heavy atom. The summed E-state index contributed by atoms with van der Waals surface area (Å²) in [7, 11) is 0. The summed E-state index contributed by atoms with van der Waals surface area (Å²) in [5.74, 6) is -0.408. The van der Waals surface area contributed by atoms with Gasteiger partial charge in [0.05, 0.1) is 15.7 Å². The van der Waals surface area contributed by atoms with E-state index in [-0.39, 0.29) is 11.8 Å². The van der Waals surface area contributed by atoms with Crippen molar-refractivity contribution in [3.63, 3.8) is 0 Å². The maximum absolute atomic E-state index is 12.5. The molecule has 0 aliphatic heterocycles. The van der Waals surface area contributed by atoms with Gasteiger partial charge in [-0.25, -0.2) is 0 Å². The van der Waals surface area contributed by atoms with Crippen molar-refractivity contribution in [1.29, 1.82) is 0 Å². The smallest absolute Gasteiger partial charge is 0.246 e. The lowest BCUT2D eigenvalue weighted by molar-refractivity contribution is -0.115. The van der Waals surface area contributed by atoms with Crippen LogP contribution >= 0.6 is 34.8 Å². The monoisotopic (exact) mass is 363 g/mol. The minimum Gasteiger partial charge on any atom is -0.278 e. The second-order valence-electron chi connectivity index (χ2n) is 4.93. The van der Waals surface area contributed by atoms with Crippen molar-refractivity contribution in [1.82, 2.24) is 0 Å². The number of carbonyl (C=O) groups excluding carboxylic acids is 1. The Balaban J connectivity index is 2.33. The van der Waals surface area contributed by atoms with E-state index >= 15 is 0 Å². The standard InChI is InChI=1S/C18H12Cl3NO/c19-11-17(23)22(12-6-2-1-3-7-12)18-14-9-5-4-8-13(14)15(20)10-16(18)21/h1-10H,11H2. The number of anilines is 2. The van der Waals surface area contributed by atoms with E-state index in [0.717, 1.165) is 10.8 Å². The van der Waals surface area contributed by atoms with Gasteiger partial charge in [0.1, 0.15) is 5.88 Å². The van der Waals surface area contributed by atoms with E-state index in [2.05, 4.69) is 0 Å². The lowest BCUT2D eigenvalue weighted by atomic mass is 10.1. The van der Waals surface area contributed by atoms with Gasteiger partial charge in [0, 0.05) is 16.5 Å². The predicted octanol–water partition coefficient (Wildman–Crippen LogP) is 6.05. The first kappa shape index (κ1) is 16.1. The first-order valence-corrected chi connectivity index (χ1v) is 8.23. The molecule has 0 bridgehead atoms. The van der Waals surface area contributed by atoms with Crippen molar-refractivity contribution >= 4 is 62.9 Å². The van der Waals surface area contributed by atoms with E-state index in [1.165, 1.54) is 4.90 Å². The van der Waals surface area contributed by atoms with E-state index in [0.29, 0.717) is 21.4 Å². The molecule has 116 valence electrons. The minimum absolute atomic E-state index is 0.151. The van der Waals surface area contributed by atoms with Crippen molar-refractivity contribution in [2.24, 2.45) is 0 Å². The van der Waals surface area contributed by atoms with Crippen LogP contribution in [-0.4, -0.2) is 11.8 Å². The number of nitrogens with zero attached hydrogens (tertiary/aromatic N) is 1. The molecule has 0 fully saturated rings. The maximum Gasteiger partial charge on any atom is 0.246 e. The van der Waals surface area contributed by atoms with E-state index < -0.39 is 0 Å². The SMILES string of the molecule is O=C(CCl)N(c1ccccc1)c1c(Cl)cc(Cl)c2ccccc12. The molecule has 23 heavy (non-hydrogen) atoms. The van der Waals surface area contributed by atoms with Gasteiger partial charge in [0.25, 0.3) is 0 Å². The Bertz CT molecular complexity index is 865. The Labute approximate surface area is 149 Å². The Morgan fingerprint density at radius 3 is 2.13 bits per heavy atom. The third-order valence-electron chi connectivity index (χ3n) is 3.52. The van der Waals surface area contributed by atoms with E-state index in [1.54, 1.807) is 6.07 Å². The summed E-state index contributed by atoms with van der Waals surface area (Å²) in [6.45, 7) is 0. The first-order valence-electron chi connectivity index (χ1n) is 6.94. The summed E-state index contributed by atoms with van der Waals surface area (Å²) >= 11 is 18.5. The van der Waals surface area contributed by atoms with Gasteiger partial charge in [-0.3, -0.25) is 9.69 Å². The second-order valence-corrected chi connectivity index (χ2v) is 6.01. The van der Waals surface area contributed by atoms with Gasteiger partial charge in [0.2, 0.25) is 5.91 Å². The third-order valence-corrected chi connectivity index (χ3v) is 4.35. The molecule has 0 atom stereocenters. The van der Waals surface area contributed by atoms with E-state index in [4.69, 9.17) is 34.8 Å². The zero-order valence-corrected chi connectivity index (χ0v) is 14.2. The molecule has 0 radical (unpaired) electrons. The summed E-state index contributed by atoms with van der Waals surface area (Å²) in [6, 6.07) is 18.5. The minimum atomic E-state index is -0.257. The van der Waals surface area contributed by atoms with Crippen molar-refractivity contribution in [3.8, 4) is 0 Å². The molecule has 0 heterocycles. The summed E-state index contributed by atoms with van der Waals surface area (Å²) in [5, 5.41) is 2.57. The van der Waals surface area contributed by atoms with Crippen LogP contribution in [0.25, 0.3) is 10.8 Å². The number of rotatable bonds is 3. The van der Waals surface area contributed by atoms with Crippen molar-refractivity contribution in [2.45, 2.75) is 0 Å². The molecule has 3 rings (SSSR count). The highest BCUT2D eigenvalue weighted by Crippen LogP contribution is 2.41. The first-order chi connectivity index (χ1) is 11.1. The predicted molar refractivity (Wildman–Crippen MR) is 98.3 cm³/mol. The summed E-state index contributed by atoms with van der Waals surface area (Å²) < 4.78 is 0. The fourth-order valence-corrected chi connectivity index (χ4v) is 3.29. The topological polar surface area (TPSA) is 20.3 Å². The van der Waals surface area contributed by atoms with Crippen molar-refractivity contribution in [3.05, 3.63) is 70.7 Å². The van der Waals surface area contributed by atoms with E-state index in [9.17, 15) is 4.79 Å². The highest BCUT2D eigenvalue weighted by molar-refractivity contribution is 6.42. The number of carbonyl (C=O) groups is 1. The molecule has 0 aliphatic rings. The van der Waals surface area contributed by atoms with Crippen LogP contribution in [0.1, 0.15) is 0 Å². The second kappa shape index (κ2) is 6.79. The van der Waals surface area contributed by atoms with Crippen LogP contribution in [0.4, 0.5) is 11.4 Å². The van der Waals surface area contributed by atoms with Gasteiger partial charge >= 0.3 is 0 Å². The molecular weight excluding hydrogens is 353 g/mol. The molecule has 3 aromatic carbocycles. The zero-order valence-electron chi connectivity index (χ0n) is 12.0. The van der Waals surface area contributed by atoms with Gasteiger partial charge in [0.15, 0.2) is 0 Å². The fourth-order valence-electron chi connectivity index (χ4n) is 2.55. The van der Waals surface area contributed by atoms with Crippen LogP contribution in [0.15, 0.2) is 60.7 Å². The number of alkyl halides is 1. The summed E-state index contributed by atoms with van der Waals surface area (Å²) in [6.07, 6.45) is 0. The van der Waals surface area contributed by atoms with Gasteiger partial charge in [-0.05, 0) is 18.2 Å². The van der Waals surface area contributed by atoms with Gasteiger partial charge < -0.3 is 0 Å².